The number of pyridine rings is 1. The van der Waals surface area contributed by atoms with Crippen LogP contribution in [0.3, 0.4) is 0 Å². The maximum absolute atomic E-state index is 4.39. The Hall–Kier alpha value is -3.42. The molecule has 27 heavy (non-hydrogen) atoms. The summed E-state index contributed by atoms with van der Waals surface area (Å²) in [5.74, 6) is 1.26. The molecule has 0 saturated heterocycles. The average molecular weight is 360 g/mol. The normalized spacial score (nSPS) is 12.2. The lowest BCUT2D eigenvalue weighted by molar-refractivity contribution is 0.653. The quantitative estimate of drug-likeness (QED) is 0.541. The summed E-state index contributed by atoms with van der Waals surface area (Å²) in [4.78, 5) is 21.4. The van der Waals surface area contributed by atoms with E-state index >= 15 is 0 Å². The van der Waals surface area contributed by atoms with E-state index < -0.39 is 0 Å². The molecule has 4 aromatic heterocycles. The average Bonchev–Trinajstić information content (AvgIpc) is 3.15. The third-order valence-electron chi connectivity index (χ3n) is 4.32. The molecule has 1 unspecified atom stereocenters. The van der Waals surface area contributed by atoms with E-state index in [4.69, 9.17) is 0 Å². The van der Waals surface area contributed by atoms with Crippen LogP contribution in [0.2, 0.25) is 0 Å². The summed E-state index contributed by atoms with van der Waals surface area (Å²) in [5.41, 5.74) is 1.94. The maximum atomic E-state index is 4.39. The minimum Gasteiger partial charge on any atom is -0.367 e. The van der Waals surface area contributed by atoms with Gasteiger partial charge in [-0.1, -0.05) is 6.07 Å². The Balaban J connectivity index is 1.45. The topological polar surface area (TPSA) is 94.3 Å². The molecule has 0 aliphatic rings. The summed E-state index contributed by atoms with van der Waals surface area (Å²) >= 11 is 0. The van der Waals surface area contributed by atoms with Gasteiger partial charge in [-0.15, -0.1) is 0 Å². The summed E-state index contributed by atoms with van der Waals surface area (Å²) in [5, 5.41) is 8.70. The first kappa shape index (κ1) is 17.0. The first-order valence-electron chi connectivity index (χ1n) is 8.93. The number of fused-ring (bicyclic) bond motifs is 1. The van der Waals surface area contributed by atoms with E-state index in [9.17, 15) is 0 Å². The molecular weight excluding hydrogens is 340 g/mol. The lowest BCUT2D eigenvalue weighted by Crippen LogP contribution is -2.16. The van der Waals surface area contributed by atoms with Crippen molar-refractivity contribution < 1.29 is 0 Å². The Morgan fingerprint density at radius 2 is 1.93 bits per heavy atom. The molecule has 0 aromatic carbocycles. The molecule has 136 valence electrons. The van der Waals surface area contributed by atoms with Crippen LogP contribution in [0.1, 0.15) is 25.3 Å². The van der Waals surface area contributed by atoms with Crippen LogP contribution in [0, 0.1) is 0 Å². The van der Waals surface area contributed by atoms with Crippen molar-refractivity contribution in [2.24, 2.45) is 0 Å². The molecule has 1 atom stereocenters. The van der Waals surface area contributed by atoms with Crippen LogP contribution in [-0.2, 0) is 6.42 Å². The molecule has 8 nitrogen and oxygen atoms in total. The number of aromatic nitrogens is 7. The standard InChI is InChI=1S/C19H20N8/c1-14(5-2-6-15-7-3-8-20-11-15)26-17-16-12-25-27(18(16)24-13-23-17)19-21-9-4-10-22-19/h3-4,7-14H,2,5-6H2,1H3,(H,23,24,26). The Kier molecular flexibility index (Phi) is 4.95. The fraction of sp³-hybridized carbons (Fsp3) is 0.263. The second kappa shape index (κ2) is 7.86. The molecular formula is C19H20N8. The number of nitrogens with zero attached hydrogens (tertiary/aromatic N) is 7. The van der Waals surface area contributed by atoms with Gasteiger partial charge >= 0.3 is 0 Å². The number of hydrogen-bond acceptors (Lipinski definition) is 7. The highest BCUT2D eigenvalue weighted by Gasteiger charge is 2.13. The molecule has 0 amide bonds. The Bertz CT molecular complexity index is 1000. The van der Waals surface area contributed by atoms with Gasteiger partial charge in [0, 0.05) is 30.8 Å². The first-order valence-corrected chi connectivity index (χ1v) is 8.93. The van der Waals surface area contributed by atoms with Crippen LogP contribution >= 0.6 is 0 Å². The van der Waals surface area contributed by atoms with Crippen molar-refractivity contribution in [3.8, 4) is 5.95 Å². The number of nitrogens with one attached hydrogen (secondary N) is 1. The third-order valence-corrected chi connectivity index (χ3v) is 4.32. The van der Waals surface area contributed by atoms with Crippen molar-refractivity contribution in [2.45, 2.75) is 32.2 Å². The zero-order valence-corrected chi connectivity index (χ0v) is 15.0. The molecule has 8 heteroatoms. The largest absolute Gasteiger partial charge is 0.367 e. The number of hydrogen-bond donors (Lipinski definition) is 1. The Labute approximate surface area is 156 Å². The Morgan fingerprint density at radius 3 is 2.74 bits per heavy atom. The second-order valence-electron chi connectivity index (χ2n) is 6.36. The van der Waals surface area contributed by atoms with Crippen LogP contribution < -0.4 is 5.32 Å². The predicted molar refractivity (Wildman–Crippen MR) is 103 cm³/mol. The molecule has 4 aromatic rings. The van der Waals surface area contributed by atoms with Crippen LogP contribution in [0.25, 0.3) is 17.0 Å². The predicted octanol–water partition coefficient (Wildman–Crippen LogP) is 2.82. The maximum Gasteiger partial charge on any atom is 0.252 e. The minimum absolute atomic E-state index is 0.274. The molecule has 0 fully saturated rings. The van der Waals surface area contributed by atoms with Crippen LogP contribution in [0.15, 0.2) is 55.5 Å². The number of anilines is 1. The van der Waals surface area contributed by atoms with Crippen molar-refractivity contribution in [1.29, 1.82) is 0 Å². The van der Waals surface area contributed by atoms with E-state index in [-0.39, 0.29) is 6.04 Å². The summed E-state index contributed by atoms with van der Waals surface area (Å²) in [6.07, 6.45) is 13.5. The van der Waals surface area contributed by atoms with Crippen molar-refractivity contribution in [3.05, 3.63) is 61.1 Å². The summed E-state index contributed by atoms with van der Waals surface area (Å²) < 4.78 is 1.62. The van der Waals surface area contributed by atoms with Gasteiger partial charge in [-0.05, 0) is 43.9 Å². The highest BCUT2D eigenvalue weighted by atomic mass is 15.4. The van der Waals surface area contributed by atoms with Gasteiger partial charge in [0.2, 0.25) is 0 Å². The van der Waals surface area contributed by atoms with Gasteiger partial charge in [-0.2, -0.15) is 9.78 Å². The zero-order chi connectivity index (χ0) is 18.5. The van der Waals surface area contributed by atoms with Gasteiger partial charge in [0.15, 0.2) is 5.65 Å². The highest BCUT2D eigenvalue weighted by molar-refractivity contribution is 5.86. The highest BCUT2D eigenvalue weighted by Crippen LogP contribution is 2.21. The SMILES string of the molecule is CC(CCCc1cccnc1)Nc1ncnc2c1cnn2-c1ncccn1. The monoisotopic (exact) mass is 360 g/mol. The van der Waals surface area contributed by atoms with Gasteiger partial charge in [0.05, 0.1) is 11.6 Å². The van der Waals surface area contributed by atoms with E-state index in [0.29, 0.717) is 11.6 Å². The minimum atomic E-state index is 0.274. The van der Waals surface area contributed by atoms with E-state index in [0.717, 1.165) is 30.5 Å². The lowest BCUT2D eigenvalue weighted by Gasteiger charge is -2.14. The number of aryl methyl sites for hydroxylation is 1. The summed E-state index contributed by atoms with van der Waals surface area (Å²) in [6, 6.07) is 6.13. The van der Waals surface area contributed by atoms with Crippen molar-refractivity contribution in [2.75, 3.05) is 5.32 Å². The van der Waals surface area contributed by atoms with Gasteiger partial charge in [0.1, 0.15) is 12.1 Å². The molecule has 1 N–H and O–H groups in total. The molecule has 0 aliphatic heterocycles. The molecule has 0 radical (unpaired) electrons. The van der Waals surface area contributed by atoms with Crippen molar-refractivity contribution >= 4 is 16.9 Å². The fourth-order valence-corrected chi connectivity index (χ4v) is 2.97. The van der Waals surface area contributed by atoms with E-state index in [2.05, 4.69) is 48.3 Å². The van der Waals surface area contributed by atoms with Crippen molar-refractivity contribution in [1.82, 2.24) is 34.7 Å². The van der Waals surface area contributed by atoms with Gasteiger partial charge < -0.3 is 5.32 Å². The van der Waals surface area contributed by atoms with Crippen LogP contribution in [0.5, 0.6) is 0 Å². The van der Waals surface area contributed by atoms with E-state index in [1.807, 2.05) is 12.3 Å². The van der Waals surface area contributed by atoms with E-state index in [1.165, 1.54) is 11.9 Å². The third kappa shape index (κ3) is 3.89. The van der Waals surface area contributed by atoms with Gasteiger partial charge in [-0.3, -0.25) is 4.98 Å². The van der Waals surface area contributed by atoms with Gasteiger partial charge in [0.25, 0.3) is 5.95 Å². The zero-order valence-electron chi connectivity index (χ0n) is 15.0. The smallest absolute Gasteiger partial charge is 0.252 e. The van der Waals surface area contributed by atoms with Crippen LogP contribution in [0.4, 0.5) is 5.82 Å². The molecule has 4 rings (SSSR count). The number of rotatable bonds is 7. The fourth-order valence-electron chi connectivity index (χ4n) is 2.97. The lowest BCUT2D eigenvalue weighted by atomic mass is 10.1. The van der Waals surface area contributed by atoms with Crippen LogP contribution in [-0.4, -0.2) is 40.7 Å². The molecule has 4 heterocycles. The molecule has 0 saturated carbocycles. The van der Waals surface area contributed by atoms with Gasteiger partial charge in [-0.25, -0.2) is 19.9 Å². The Morgan fingerprint density at radius 1 is 1.04 bits per heavy atom. The van der Waals surface area contributed by atoms with Crippen molar-refractivity contribution in [3.63, 3.8) is 0 Å². The molecule has 0 spiro atoms. The first-order chi connectivity index (χ1) is 13.3. The summed E-state index contributed by atoms with van der Waals surface area (Å²) in [6.45, 7) is 2.15. The van der Waals surface area contributed by atoms with E-state index in [1.54, 1.807) is 35.5 Å². The summed E-state index contributed by atoms with van der Waals surface area (Å²) in [7, 11) is 0. The second-order valence-corrected chi connectivity index (χ2v) is 6.36. The molecule has 0 bridgehead atoms. The molecule has 0 aliphatic carbocycles.